The van der Waals surface area contributed by atoms with E-state index < -0.39 is 0 Å². The van der Waals surface area contributed by atoms with Crippen LogP contribution in [-0.2, 0) is 6.54 Å². The van der Waals surface area contributed by atoms with Crippen molar-refractivity contribution in [1.29, 1.82) is 0 Å². The molecule has 0 aliphatic heterocycles. The van der Waals surface area contributed by atoms with E-state index in [1.807, 2.05) is 0 Å². The van der Waals surface area contributed by atoms with Crippen LogP contribution in [0.2, 0.25) is 0 Å². The summed E-state index contributed by atoms with van der Waals surface area (Å²) in [6, 6.07) is 14.3. The third-order valence-electron chi connectivity index (χ3n) is 4.34. The average molecular weight is 300 g/mol. The van der Waals surface area contributed by atoms with Crippen LogP contribution in [0.1, 0.15) is 43.4 Å². The number of rotatable bonds is 7. The summed E-state index contributed by atoms with van der Waals surface area (Å²) < 4.78 is 0. The number of benzene rings is 1. The summed E-state index contributed by atoms with van der Waals surface area (Å²) in [5.74, 6) is 0. The topological polar surface area (TPSA) is 29.3 Å². The molecule has 0 amide bonds. The monoisotopic (exact) mass is 300 g/mol. The van der Waals surface area contributed by atoms with E-state index in [0.717, 1.165) is 13.0 Å². The molecule has 2 nitrogen and oxygen atoms in total. The van der Waals surface area contributed by atoms with Gasteiger partial charge in [-0.1, -0.05) is 37.3 Å². The lowest BCUT2D eigenvalue weighted by Crippen LogP contribution is -2.41. The van der Waals surface area contributed by atoms with E-state index in [2.05, 4.69) is 59.0 Å². The van der Waals surface area contributed by atoms with Crippen molar-refractivity contribution in [3.05, 3.63) is 58.3 Å². The molecule has 1 aromatic carbocycles. The van der Waals surface area contributed by atoms with Crippen LogP contribution in [0.3, 0.4) is 0 Å². The molecule has 21 heavy (non-hydrogen) atoms. The van der Waals surface area contributed by atoms with Crippen molar-refractivity contribution in [1.82, 2.24) is 4.90 Å². The van der Waals surface area contributed by atoms with Crippen LogP contribution in [-0.4, -0.2) is 17.0 Å². The van der Waals surface area contributed by atoms with Gasteiger partial charge in [-0.15, -0.1) is 0 Å². The van der Waals surface area contributed by atoms with Gasteiger partial charge in [-0.25, -0.2) is 0 Å². The van der Waals surface area contributed by atoms with E-state index >= 15 is 0 Å². The predicted molar refractivity (Wildman–Crippen MR) is 90.3 cm³/mol. The summed E-state index contributed by atoms with van der Waals surface area (Å²) in [7, 11) is 0. The van der Waals surface area contributed by atoms with Gasteiger partial charge in [0.05, 0.1) is 6.04 Å². The average Bonchev–Trinajstić information content (AvgIpc) is 3.23. The molecule has 2 N–H and O–H groups in total. The highest BCUT2D eigenvalue weighted by Crippen LogP contribution is 2.38. The SMILES string of the molecule is CCC(N)C(c1ccsc1)N(Cc1ccccc1)C1CC1. The van der Waals surface area contributed by atoms with Gasteiger partial charge in [0.15, 0.2) is 0 Å². The first kappa shape index (κ1) is 14.8. The second-order valence-electron chi connectivity index (χ2n) is 5.96. The van der Waals surface area contributed by atoms with Gasteiger partial charge in [0.2, 0.25) is 0 Å². The molecule has 0 bridgehead atoms. The van der Waals surface area contributed by atoms with E-state index in [0.29, 0.717) is 12.1 Å². The van der Waals surface area contributed by atoms with E-state index in [-0.39, 0.29) is 6.04 Å². The lowest BCUT2D eigenvalue weighted by atomic mass is 9.97. The Morgan fingerprint density at radius 2 is 2.00 bits per heavy atom. The molecule has 3 heteroatoms. The van der Waals surface area contributed by atoms with Gasteiger partial charge >= 0.3 is 0 Å². The summed E-state index contributed by atoms with van der Waals surface area (Å²) in [6.45, 7) is 3.19. The van der Waals surface area contributed by atoms with Crippen molar-refractivity contribution >= 4 is 11.3 Å². The number of nitrogens with zero attached hydrogens (tertiary/aromatic N) is 1. The van der Waals surface area contributed by atoms with Gasteiger partial charge in [-0.05, 0) is 47.2 Å². The maximum Gasteiger partial charge on any atom is 0.0513 e. The summed E-state index contributed by atoms with van der Waals surface area (Å²) in [6.07, 6.45) is 3.63. The second-order valence-corrected chi connectivity index (χ2v) is 6.74. The summed E-state index contributed by atoms with van der Waals surface area (Å²) in [4.78, 5) is 2.63. The molecule has 0 spiro atoms. The number of hydrogen-bond acceptors (Lipinski definition) is 3. The molecule has 2 atom stereocenters. The van der Waals surface area contributed by atoms with Crippen molar-refractivity contribution in [3.63, 3.8) is 0 Å². The van der Waals surface area contributed by atoms with Crippen LogP contribution in [0.25, 0.3) is 0 Å². The molecule has 1 saturated carbocycles. The highest BCUT2D eigenvalue weighted by Gasteiger charge is 2.36. The third-order valence-corrected chi connectivity index (χ3v) is 5.04. The summed E-state index contributed by atoms with van der Waals surface area (Å²) >= 11 is 1.77. The Balaban J connectivity index is 1.86. The van der Waals surface area contributed by atoms with Crippen LogP contribution in [0.4, 0.5) is 0 Å². The largest absolute Gasteiger partial charge is 0.326 e. The van der Waals surface area contributed by atoms with Crippen molar-refractivity contribution in [2.45, 2.75) is 50.9 Å². The Morgan fingerprint density at radius 3 is 2.57 bits per heavy atom. The molecular formula is C18H24N2S. The number of nitrogens with two attached hydrogens (primary N) is 1. The molecule has 1 aromatic heterocycles. The Kier molecular flexibility index (Phi) is 4.73. The molecule has 1 heterocycles. The maximum atomic E-state index is 6.49. The Hall–Kier alpha value is -1.16. The normalized spacial score (nSPS) is 17.9. The van der Waals surface area contributed by atoms with Crippen molar-refractivity contribution in [3.8, 4) is 0 Å². The zero-order valence-corrected chi connectivity index (χ0v) is 13.4. The minimum atomic E-state index is 0.198. The highest BCUT2D eigenvalue weighted by atomic mass is 32.1. The van der Waals surface area contributed by atoms with Crippen molar-refractivity contribution < 1.29 is 0 Å². The summed E-state index contributed by atoms with van der Waals surface area (Å²) in [5, 5.41) is 4.43. The van der Waals surface area contributed by atoms with Crippen molar-refractivity contribution in [2.75, 3.05) is 0 Å². The zero-order chi connectivity index (χ0) is 14.7. The fourth-order valence-electron chi connectivity index (χ4n) is 3.01. The van der Waals surface area contributed by atoms with Crippen molar-refractivity contribution in [2.24, 2.45) is 5.73 Å². The smallest absolute Gasteiger partial charge is 0.0513 e. The van der Waals surface area contributed by atoms with E-state index in [9.17, 15) is 0 Å². The van der Waals surface area contributed by atoms with Gasteiger partial charge in [-0.2, -0.15) is 11.3 Å². The lowest BCUT2D eigenvalue weighted by Gasteiger charge is -2.35. The van der Waals surface area contributed by atoms with Gasteiger partial charge in [0.1, 0.15) is 0 Å². The first-order valence-electron chi connectivity index (χ1n) is 7.87. The highest BCUT2D eigenvalue weighted by molar-refractivity contribution is 7.07. The van der Waals surface area contributed by atoms with Crippen LogP contribution >= 0.6 is 11.3 Å². The van der Waals surface area contributed by atoms with E-state index in [1.165, 1.54) is 24.0 Å². The molecule has 1 fully saturated rings. The fourth-order valence-corrected chi connectivity index (χ4v) is 3.70. The van der Waals surface area contributed by atoms with E-state index in [4.69, 9.17) is 5.73 Å². The maximum absolute atomic E-state index is 6.49. The zero-order valence-electron chi connectivity index (χ0n) is 12.6. The quantitative estimate of drug-likeness (QED) is 0.830. The standard InChI is InChI=1S/C18H24N2S/c1-2-17(19)18(15-10-11-21-13-15)20(16-8-9-16)12-14-6-4-3-5-7-14/h3-7,10-11,13,16-18H,2,8-9,12,19H2,1H3. The molecule has 2 unspecified atom stereocenters. The van der Waals surface area contributed by atoms with E-state index in [1.54, 1.807) is 11.3 Å². The van der Waals surface area contributed by atoms with Gasteiger partial charge in [0.25, 0.3) is 0 Å². The third kappa shape index (κ3) is 3.54. The van der Waals surface area contributed by atoms with Crippen LogP contribution in [0.15, 0.2) is 47.2 Å². The summed E-state index contributed by atoms with van der Waals surface area (Å²) in [5.41, 5.74) is 9.26. The molecule has 1 aliphatic carbocycles. The first-order valence-corrected chi connectivity index (χ1v) is 8.81. The fraction of sp³-hybridized carbons (Fsp3) is 0.444. The Labute approximate surface area is 131 Å². The molecule has 3 rings (SSSR count). The minimum absolute atomic E-state index is 0.198. The molecule has 1 aliphatic rings. The Bertz CT molecular complexity index is 534. The van der Waals surface area contributed by atoms with Gasteiger partial charge in [-0.3, -0.25) is 4.90 Å². The molecule has 112 valence electrons. The van der Waals surface area contributed by atoms with Gasteiger partial charge < -0.3 is 5.73 Å². The predicted octanol–water partition coefficient (Wildman–Crippen LogP) is 4.19. The van der Waals surface area contributed by atoms with Crippen LogP contribution < -0.4 is 5.73 Å². The molecular weight excluding hydrogens is 276 g/mol. The van der Waals surface area contributed by atoms with Crippen LogP contribution in [0, 0.1) is 0 Å². The molecule has 2 aromatic rings. The van der Waals surface area contributed by atoms with Crippen LogP contribution in [0.5, 0.6) is 0 Å². The second kappa shape index (κ2) is 6.73. The first-order chi connectivity index (χ1) is 10.3. The minimum Gasteiger partial charge on any atom is -0.326 e. The number of thiophene rings is 1. The van der Waals surface area contributed by atoms with Gasteiger partial charge in [0, 0.05) is 18.6 Å². The number of hydrogen-bond donors (Lipinski definition) is 1. The Morgan fingerprint density at radius 1 is 1.24 bits per heavy atom. The molecule has 0 saturated heterocycles. The lowest BCUT2D eigenvalue weighted by molar-refractivity contribution is 0.151. The molecule has 0 radical (unpaired) electrons.